The van der Waals surface area contributed by atoms with Crippen LogP contribution in [0.5, 0.6) is 0 Å². The van der Waals surface area contributed by atoms with Crippen LogP contribution in [-0.2, 0) is 14.6 Å². The Morgan fingerprint density at radius 2 is 2.04 bits per heavy atom. The van der Waals surface area contributed by atoms with Gasteiger partial charge >= 0.3 is 6.09 Å². The second-order valence-electron chi connectivity index (χ2n) is 7.86. The van der Waals surface area contributed by atoms with Crippen molar-refractivity contribution in [1.29, 1.82) is 0 Å². The lowest BCUT2D eigenvalue weighted by atomic mass is 10.2. The maximum atomic E-state index is 13.5. The van der Waals surface area contributed by atoms with Gasteiger partial charge in [0.15, 0.2) is 5.37 Å². The summed E-state index contributed by atoms with van der Waals surface area (Å²) in [6.07, 6.45) is 0.903. The van der Waals surface area contributed by atoms with Gasteiger partial charge in [-0.25, -0.2) is 13.2 Å². The lowest BCUT2D eigenvalue weighted by molar-refractivity contribution is 0.0274. The Hall–Kier alpha value is -2.32. The van der Waals surface area contributed by atoms with Gasteiger partial charge in [-0.1, -0.05) is 0 Å². The van der Waals surface area contributed by atoms with Gasteiger partial charge in [0, 0.05) is 25.0 Å². The average molecular weight is 390 g/mol. The summed E-state index contributed by atoms with van der Waals surface area (Å²) in [6.45, 7) is 6.59. The number of nitrogens with zero attached hydrogens (tertiary/aromatic N) is 1. The smallest absolute Gasteiger partial charge is 0.411 e. The summed E-state index contributed by atoms with van der Waals surface area (Å²) < 4.78 is 37.7. The first kappa shape index (κ1) is 18.1. The molecule has 2 aromatic rings. The highest BCUT2D eigenvalue weighted by atomic mass is 32.2. The van der Waals surface area contributed by atoms with Gasteiger partial charge in [0.05, 0.1) is 11.2 Å². The fraction of sp³-hybridized carbons (Fsp3) is 0.421. The maximum absolute atomic E-state index is 13.5. The van der Waals surface area contributed by atoms with Gasteiger partial charge in [-0.05, 0) is 56.2 Å². The first-order valence-electron chi connectivity index (χ1n) is 8.79. The molecule has 0 aliphatic carbocycles. The quantitative estimate of drug-likeness (QED) is 0.793. The number of fused-ring (bicyclic) bond motifs is 1. The Kier molecular flexibility index (Phi) is 4.08. The molecule has 0 radical (unpaired) electrons. The van der Waals surface area contributed by atoms with Crippen LogP contribution in [0.3, 0.4) is 0 Å². The standard InChI is InChI=1S/C19H22N2O5S/c1-19(2,3)26-18(22)21-11-13-9-20-10-15(13)17(21)27(23,24)14-4-5-16-12(8-14)6-7-25-16/h4-8,17,20H,9-11H2,1-3H3. The zero-order valence-corrected chi connectivity index (χ0v) is 16.3. The number of ether oxygens (including phenoxy) is 1. The van der Waals surface area contributed by atoms with Crippen LogP contribution in [-0.4, -0.2) is 50.0 Å². The molecule has 2 aliphatic rings. The number of carbonyl (C=O) groups is 1. The first-order valence-corrected chi connectivity index (χ1v) is 10.3. The predicted molar refractivity (Wildman–Crippen MR) is 100 cm³/mol. The third-order valence-corrected chi connectivity index (χ3v) is 6.76. The summed E-state index contributed by atoms with van der Waals surface area (Å²) >= 11 is 0. The second-order valence-corrected chi connectivity index (χ2v) is 9.87. The summed E-state index contributed by atoms with van der Waals surface area (Å²) in [7, 11) is -3.83. The molecular formula is C19H22N2O5S. The highest BCUT2D eigenvalue weighted by Crippen LogP contribution is 2.36. The van der Waals surface area contributed by atoms with Crippen LogP contribution in [0.2, 0.25) is 0 Å². The van der Waals surface area contributed by atoms with Crippen LogP contribution in [0, 0.1) is 0 Å². The molecular weight excluding hydrogens is 368 g/mol. The van der Waals surface area contributed by atoms with E-state index in [9.17, 15) is 13.2 Å². The molecule has 1 N–H and O–H groups in total. The zero-order chi connectivity index (χ0) is 19.4. The molecule has 0 spiro atoms. The summed E-state index contributed by atoms with van der Waals surface area (Å²) in [5, 5.41) is 2.83. The highest BCUT2D eigenvalue weighted by Gasteiger charge is 2.47. The summed E-state index contributed by atoms with van der Waals surface area (Å²) in [5.74, 6) is 0. The Balaban J connectivity index is 1.75. The number of hydrogen-bond acceptors (Lipinski definition) is 6. The third-order valence-electron chi connectivity index (χ3n) is 4.72. The van der Waals surface area contributed by atoms with E-state index in [1.165, 1.54) is 17.2 Å². The molecule has 0 bridgehead atoms. The molecule has 1 aromatic heterocycles. The molecule has 7 nitrogen and oxygen atoms in total. The number of rotatable bonds is 2. The molecule has 1 amide bonds. The minimum absolute atomic E-state index is 0.163. The second kappa shape index (κ2) is 6.10. The minimum Gasteiger partial charge on any atom is -0.464 e. The molecule has 4 rings (SSSR count). The van der Waals surface area contributed by atoms with Crippen molar-refractivity contribution in [1.82, 2.24) is 10.2 Å². The normalized spacial score (nSPS) is 20.4. The Labute approximate surface area is 157 Å². The van der Waals surface area contributed by atoms with Gasteiger partial charge in [0.25, 0.3) is 0 Å². The Bertz CT molecular complexity index is 1050. The van der Waals surface area contributed by atoms with E-state index in [0.29, 0.717) is 24.1 Å². The van der Waals surface area contributed by atoms with Crippen LogP contribution >= 0.6 is 0 Å². The molecule has 0 saturated carbocycles. The largest absolute Gasteiger partial charge is 0.464 e. The van der Waals surface area contributed by atoms with E-state index in [-0.39, 0.29) is 11.4 Å². The van der Waals surface area contributed by atoms with Gasteiger partial charge in [-0.3, -0.25) is 4.90 Å². The Morgan fingerprint density at radius 1 is 1.26 bits per heavy atom. The fourth-order valence-corrected chi connectivity index (χ4v) is 5.50. The topological polar surface area (TPSA) is 88.9 Å². The lowest BCUT2D eigenvalue weighted by Gasteiger charge is -2.30. The van der Waals surface area contributed by atoms with E-state index in [1.54, 1.807) is 39.0 Å². The monoisotopic (exact) mass is 390 g/mol. The van der Waals surface area contributed by atoms with E-state index < -0.39 is 26.9 Å². The van der Waals surface area contributed by atoms with Crippen LogP contribution in [0.1, 0.15) is 20.8 Å². The summed E-state index contributed by atoms with van der Waals surface area (Å²) in [6, 6.07) is 6.46. The summed E-state index contributed by atoms with van der Waals surface area (Å²) in [4.78, 5) is 14.2. The van der Waals surface area contributed by atoms with Gasteiger partial charge in [0.1, 0.15) is 11.2 Å². The molecule has 1 unspecified atom stereocenters. The van der Waals surface area contributed by atoms with Crippen molar-refractivity contribution < 1.29 is 22.4 Å². The van der Waals surface area contributed by atoms with Crippen molar-refractivity contribution in [3.05, 3.63) is 41.7 Å². The molecule has 3 heterocycles. The number of hydrogen-bond donors (Lipinski definition) is 1. The number of amides is 1. The highest BCUT2D eigenvalue weighted by molar-refractivity contribution is 7.92. The fourth-order valence-electron chi connectivity index (χ4n) is 3.57. The van der Waals surface area contributed by atoms with Crippen molar-refractivity contribution in [2.24, 2.45) is 0 Å². The van der Waals surface area contributed by atoms with Crippen molar-refractivity contribution in [3.8, 4) is 0 Å². The van der Waals surface area contributed by atoms with Crippen LogP contribution in [0.4, 0.5) is 4.79 Å². The van der Waals surface area contributed by atoms with E-state index >= 15 is 0 Å². The molecule has 8 heteroatoms. The number of carbonyl (C=O) groups excluding carboxylic acids is 1. The number of furan rings is 1. The summed E-state index contributed by atoms with van der Waals surface area (Å²) in [5.41, 5.74) is 1.60. The number of sulfone groups is 1. The average Bonchev–Trinajstić information content (AvgIpc) is 3.27. The van der Waals surface area contributed by atoms with E-state index in [0.717, 1.165) is 11.1 Å². The predicted octanol–water partition coefficient (Wildman–Crippen LogP) is 2.68. The van der Waals surface area contributed by atoms with Crippen LogP contribution < -0.4 is 5.32 Å². The van der Waals surface area contributed by atoms with Gasteiger partial charge in [0.2, 0.25) is 9.84 Å². The first-order chi connectivity index (χ1) is 12.7. The van der Waals surface area contributed by atoms with E-state index in [1.807, 2.05) is 0 Å². The molecule has 0 fully saturated rings. The minimum atomic E-state index is -3.83. The van der Waals surface area contributed by atoms with Crippen molar-refractivity contribution in [3.63, 3.8) is 0 Å². The van der Waals surface area contributed by atoms with E-state index in [4.69, 9.17) is 9.15 Å². The van der Waals surface area contributed by atoms with Crippen molar-refractivity contribution in [2.45, 2.75) is 36.6 Å². The lowest BCUT2D eigenvalue weighted by Crippen LogP contribution is -2.46. The Morgan fingerprint density at radius 3 is 2.78 bits per heavy atom. The molecule has 144 valence electrons. The van der Waals surface area contributed by atoms with Crippen molar-refractivity contribution >= 4 is 26.9 Å². The van der Waals surface area contributed by atoms with Gasteiger partial charge in [-0.15, -0.1) is 0 Å². The SMILES string of the molecule is CC(C)(C)OC(=O)N1CC2=C(CNC2)C1S(=O)(=O)c1ccc2occc2c1. The molecule has 2 aliphatic heterocycles. The zero-order valence-electron chi connectivity index (χ0n) is 15.5. The van der Waals surface area contributed by atoms with Crippen molar-refractivity contribution in [2.75, 3.05) is 19.6 Å². The molecule has 1 aromatic carbocycles. The van der Waals surface area contributed by atoms with Gasteiger partial charge in [-0.2, -0.15) is 0 Å². The molecule has 1 atom stereocenters. The number of nitrogens with one attached hydrogen (secondary N) is 1. The van der Waals surface area contributed by atoms with Gasteiger partial charge < -0.3 is 14.5 Å². The van der Waals surface area contributed by atoms with Crippen LogP contribution in [0.25, 0.3) is 11.0 Å². The van der Waals surface area contributed by atoms with E-state index in [2.05, 4.69) is 5.32 Å². The number of benzene rings is 1. The van der Waals surface area contributed by atoms with Crippen LogP contribution in [0.15, 0.2) is 51.0 Å². The maximum Gasteiger partial charge on any atom is 0.411 e. The third kappa shape index (κ3) is 3.12. The molecule has 0 saturated heterocycles. The molecule has 27 heavy (non-hydrogen) atoms.